The Morgan fingerprint density at radius 3 is 2.78 bits per heavy atom. The zero-order chi connectivity index (χ0) is 13.1. The maximum atomic E-state index is 10.8. The molecule has 98 valence electrons. The van der Waals surface area contributed by atoms with E-state index in [0.29, 0.717) is 6.04 Å². The van der Waals surface area contributed by atoms with Gasteiger partial charge in [-0.2, -0.15) is 0 Å². The van der Waals surface area contributed by atoms with Gasteiger partial charge in [-0.25, -0.2) is 0 Å². The van der Waals surface area contributed by atoms with E-state index in [1.807, 2.05) is 13.0 Å². The van der Waals surface area contributed by atoms with Crippen LogP contribution < -0.4 is 4.90 Å². The van der Waals surface area contributed by atoms with Crippen LogP contribution in [0.2, 0.25) is 0 Å². The van der Waals surface area contributed by atoms with Gasteiger partial charge in [-0.05, 0) is 57.6 Å². The lowest BCUT2D eigenvalue weighted by Gasteiger charge is -2.37. The van der Waals surface area contributed by atoms with Crippen molar-refractivity contribution in [2.45, 2.75) is 25.8 Å². The van der Waals surface area contributed by atoms with E-state index < -0.39 is 0 Å². The predicted molar refractivity (Wildman–Crippen MR) is 75.5 cm³/mol. The van der Waals surface area contributed by atoms with Crippen LogP contribution in [0, 0.1) is 6.92 Å². The monoisotopic (exact) mass is 246 g/mol. The fourth-order valence-corrected chi connectivity index (χ4v) is 2.60. The summed E-state index contributed by atoms with van der Waals surface area (Å²) < 4.78 is 0. The van der Waals surface area contributed by atoms with Gasteiger partial charge in [-0.15, -0.1) is 0 Å². The Morgan fingerprint density at radius 1 is 1.39 bits per heavy atom. The number of carbonyl (C=O) groups excluding carboxylic acids is 1. The third-order valence-electron chi connectivity index (χ3n) is 3.87. The highest BCUT2D eigenvalue weighted by Gasteiger charge is 2.21. The van der Waals surface area contributed by atoms with Crippen molar-refractivity contribution < 1.29 is 4.79 Å². The summed E-state index contributed by atoms with van der Waals surface area (Å²) in [5.74, 6) is 0. The van der Waals surface area contributed by atoms with Gasteiger partial charge in [0, 0.05) is 30.4 Å². The zero-order valence-corrected chi connectivity index (χ0v) is 11.5. The van der Waals surface area contributed by atoms with Gasteiger partial charge in [0.15, 0.2) is 0 Å². The van der Waals surface area contributed by atoms with Crippen LogP contribution >= 0.6 is 0 Å². The lowest BCUT2D eigenvalue weighted by atomic mass is 10.0. The van der Waals surface area contributed by atoms with E-state index in [2.05, 4.69) is 36.0 Å². The van der Waals surface area contributed by atoms with Crippen molar-refractivity contribution in [1.29, 1.82) is 0 Å². The van der Waals surface area contributed by atoms with Gasteiger partial charge in [0.05, 0.1) is 0 Å². The van der Waals surface area contributed by atoms with Crippen molar-refractivity contribution in [3.05, 3.63) is 29.3 Å². The summed E-state index contributed by atoms with van der Waals surface area (Å²) in [5, 5.41) is 0. The predicted octanol–water partition coefficient (Wildman–Crippen LogP) is 2.34. The van der Waals surface area contributed by atoms with E-state index in [0.717, 1.165) is 30.5 Å². The molecule has 0 bridgehead atoms. The molecule has 1 fully saturated rings. The molecule has 0 N–H and O–H groups in total. The minimum atomic E-state index is 0.629. The molecule has 2 rings (SSSR count). The molecule has 0 saturated carbocycles. The highest BCUT2D eigenvalue weighted by molar-refractivity contribution is 5.78. The Hall–Kier alpha value is -1.35. The molecule has 3 nitrogen and oxygen atoms in total. The second-order valence-corrected chi connectivity index (χ2v) is 5.36. The molecule has 0 aromatic heterocycles. The second-order valence-electron chi connectivity index (χ2n) is 5.36. The van der Waals surface area contributed by atoms with E-state index in [9.17, 15) is 4.79 Å². The van der Waals surface area contributed by atoms with Gasteiger partial charge < -0.3 is 9.80 Å². The molecule has 1 heterocycles. The van der Waals surface area contributed by atoms with Gasteiger partial charge in [0.2, 0.25) is 0 Å². The van der Waals surface area contributed by atoms with Gasteiger partial charge in [0.25, 0.3) is 0 Å². The topological polar surface area (TPSA) is 23.6 Å². The van der Waals surface area contributed by atoms with Crippen LogP contribution in [0.4, 0.5) is 5.69 Å². The lowest BCUT2D eigenvalue weighted by Crippen LogP contribution is -2.45. The summed E-state index contributed by atoms with van der Waals surface area (Å²) in [4.78, 5) is 15.6. The molecule has 1 aromatic rings. The molecule has 18 heavy (non-hydrogen) atoms. The van der Waals surface area contributed by atoms with Crippen LogP contribution in [0.3, 0.4) is 0 Å². The SMILES string of the molecule is Cc1cc(N2CCCC(N(C)C)C2)ccc1C=O. The fraction of sp³-hybridized carbons (Fsp3) is 0.533. The summed E-state index contributed by atoms with van der Waals surface area (Å²) >= 11 is 0. The summed E-state index contributed by atoms with van der Waals surface area (Å²) in [6, 6.07) is 6.75. The maximum absolute atomic E-state index is 10.8. The number of piperidine rings is 1. The largest absolute Gasteiger partial charge is 0.370 e. The number of benzene rings is 1. The van der Waals surface area contributed by atoms with Crippen molar-refractivity contribution in [2.75, 3.05) is 32.1 Å². The van der Waals surface area contributed by atoms with E-state index in [4.69, 9.17) is 0 Å². The quantitative estimate of drug-likeness (QED) is 0.765. The first-order valence-corrected chi connectivity index (χ1v) is 6.59. The Labute approximate surface area is 109 Å². The molecule has 1 saturated heterocycles. The van der Waals surface area contributed by atoms with Crippen molar-refractivity contribution in [3.8, 4) is 0 Å². The minimum absolute atomic E-state index is 0.629. The van der Waals surface area contributed by atoms with Crippen molar-refractivity contribution in [2.24, 2.45) is 0 Å². The first kappa shape index (κ1) is 13.1. The Bertz CT molecular complexity index is 429. The van der Waals surface area contributed by atoms with Crippen molar-refractivity contribution in [1.82, 2.24) is 4.90 Å². The Kier molecular flexibility index (Phi) is 4.02. The van der Waals surface area contributed by atoms with Gasteiger partial charge >= 0.3 is 0 Å². The van der Waals surface area contributed by atoms with Crippen LogP contribution in [-0.2, 0) is 0 Å². The molecule has 3 heteroatoms. The van der Waals surface area contributed by atoms with E-state index in [1.165, 1.54) is 18.5 Å². The minimum Gasteiger partial charge on any atom is -0.370 e. The molecule has 1 atom stereocenters. The van der Waals surface area contributed by atoms with Crippen LogP contribution in [0.1, 0.15) is 28.8 Å². The number of nitrogens with zero attached hydrogens (tertiary/aromatic N) is 2. The molecule has 0 radical (unpaired) electrons. The fourth-order valence-electron chi connectivity index (χ4n) is 2.60. The molecule has 0 aliphatic carbocycles. The molecule has 0 amide bonds. The third-order valence-corrected chi connectivity index (χ3v) is 3.87. The van der Waals surface area contributed by atoms with E-state index >= 15 is 0 Å². The van der Waals surface area contributed by atoms with Gasteiger partial charge in [0.1, 0.15) is 6.29 Å². The van der Waals surface area contributed by atoms with Crippen molar-refractivity contribution in [3.63, 3.8) is 0 Å². The third kappa shape index (κ3) is 2.72. The summed E-state index contributed by atoms with van der Waals surface area (Å²) in [6.45, 7) is 4.19. The number of rotatable bonds is 3. The van der Waals surface area contributed by atoms with Gasteiger partial charge in [-0.1, -0.05) is 0 Å². The summed E-state index contributed by atoms with van der Waals surface area (Å²) in [6.07, 6.45) is 3.43. The molecular weight excluding hydrogens is 224 g/mol. The van der Waals surface area contributed by atoms with Crippen LogP contribution in [0.5, 0.6) is 0 Å². The number of aldehydes is 1. The standard InChI is InChI=1S/C15H22N2O/c1-12-9-14(7-6-13(12)11-18)17-8-4-5-15(10-17)16(2)3/h6-7,9,11,15H,4-5,8,10H2,1-3H3. The average molecular weight is 246 g/mol. The van der Waals surface area contributed by atoms with Crippen LogP contribution in [-0.4, -0.2) is 44.4 Å². The molecular formula is C15H22N2O. The first-order valence-electron chi connectivity index (χ1n) is 6.59. The van der Waals surface area contributed by atoms with Crippen LogP contribution in [0.25, 0.3) is 0 Å². The number of hydrogen-bond donors (Lipinski definition) is 0. The van der Waals surface area contributed by atoms with Crippen molar-refractivity contribution >= 4 is 12.0 Å². The zero-order valence-electron chi connectivity index (χ0n) is 11.5. The normalized spacial score (nSPS) is 20.2. The van der Waals surface area contributed by atoms with E-state index in [1.54, 1.807) is 0 Å². The summed E-state index contributed by atoms with van der Waals surface area (Å²) in [5.41, 5.74) is 3.10. The lowest BCUT2D eigenvalue weighted by molar-refractivity contribution is 0.112. The molecule has 1 aliphatic rings. The number of anilines is 1. The Balaban J connectivity index is 2.15. The van der Waals surface area contributed by atoms with E-state index in [-0.39, 0.29) is 0 Å². The maximum Gasteiger partial charge on any atom is 0.150 e. The number of carbonyl (C=O) groups is 1. The molecule has 1 unspecified atom stereocenters. The highest BCUT2D eigenvalue weighted by Crippen LogP contribution is 2.23. The Morgan fingerprint density at radius 2 is 2.17 bits per heavy atom. The highest BCUT2D eigenvalue weighted by atomic mass is 16.1. The molecule has 1 aromatic carbocycles. The molecule has 1 aliphatic heterocycles. The smallest absolute Gasteiger partial charge is 0.150 e. The first-order chi connectivity index (χ1) is 8.61. The average Bonchev–Trinajstić information content (AvgIpc) is 2.38. The summed E-state index contributed by atoms with van der Waals surface area (Å²) in [7, 11) is 4.30. The second kappa shape index (κ2) is 5.53. The number of likely N-dealkylation sites (N-methyl/N-ethyl adjacent to an activating group) is 1. The molecule has 0 spiro atoms. The number of hydrogen-bond acceptors (Lipinski definition) is 3. The number of aryl methyl sites for hydroxylation is 1. The van der Waals surface area contributed by atoms with Crippen LogP contribution in [0.15, 0.2) is 18.2 Å². The van der Waals surface area contributed by atoms with Gasteiger partial charge in [-0.3, -0.25) is 4.79 Å².